The van der Waals surface area contributed by atoms with Crippen molar-refractivity contribution in [2.24, 2.45) is 0 Å². The molecular weight excluding hydrogens is 282 g/mol. The molecule has 0 spiro atoms. The molecule has 1 rings (SSSR count). The molecule has 5 heteroatoms. The lowest BCUT2D eigenvalue weighted by molar-refractivity contribution is 0.0934. The highest BCUT2D eigenvalue weighted by Crippen LogP contribution is 2.16. The fourth-order valence-corrected chi connectivity index (χ4v) is 1.95. The summed E-state index contributed by atoms with van der Waals surface area (Å²) in [5.41, 5.74) is 6.11. The first-order chi connectivity index (χ1) is 8.08. The molecule has 0 aliphatic heterocycles. The second-order valence-corrected chi connectivity index (χ2v) is 4.87. The van der Waals surface area contributed by atoms with E-state index in [-0.39, 0.29) is 17.8 Å². The standard InChI is InChI=1S/C12H18BrN3O/c1-3-5-9(4-2)16-12(17)10-6-8(13)7-15-11(10)14/h6-7,9H,3-5H2,1-2H3,(H2,14,15)(H,16,17). The number of nitrogens with zero attached hydrogens (tertiary/aromatic N) is 1. The number of carbonyl (C=O) groups excluding carboxylic acids is 1. The second-order valence-electron chi connectivity index (χ2n) is 3.95. The van der Waals surface area contributed by atoms with Crippen molar-refractivity contribution in [2.75, 3.05) is 5.73 Å². The molecule has 4 nitrogen and oxygen atoms in total. The van der Waals surface area contributed by atoms with Gasteiger partial charge in [-0.25, -0.2) is 4.98 Å². The summed E-state index contributed by atoms with van der Waals surface area (Å²) < 4.78 is 0.750. The highest BCUT2D eigenvalue weighted by Gasteiger charge is 2.14. The maximum Gasteiger partial charge on any atom is 0.255 e. The lowest BCUT2D eigenvalue weighted by atomic mass is 10.1. The van der Waals surface area contributed by atoms with E-state index in [1.807, 2.05) is 0 Å². The molecule has 0 radical (unpaired) electrons. The van der Waals surface area contributed by atoms with Gasteiger partial charge in [0.15, 0.2) is 0 Å². The molecule has 0 bridgehead atoms. The Balaban J connectivity index is 2.78. The summed E-state index contributed by atoms with van der Waals surface area (Å²) in [5.74, 6) is 0.105. The molecule has 0 aromatic carbocycles. The molecule has 1 amide bonds. The van der Waals surface area contributed by atoms with Gasteiger partial charge in [-0.2, -0.15) is 0 Å². The van der Waals surface area contributed by atoms with Crippen molar-refractivity contribution < 1.29 is 4.79 Å². The Morgan fingerprint density at radius 1 is 1.59 bits per heavy atom. The van der Waals surface area contributed by atoms with Gasteiger partial charge in [0.1, 0.15) is 5.82 Å². The van der Waals surface area contributed by atoms with Crippen molar-refractivity contribution >= 4 is 27.7 Å². The highest BCUT2D eigenvalue weighted by molar-refractivity contribution is 9.10. The zero-order valence-electron chi connectivity index (χ0n) is 10.2. The quantitative estimate of drug-likeness (QED) is 0.878. The van der Waals surface area contributed by atoms with Gasteiger partial charge < -0.3 is 11.1 Å². The zero-order valence-corrected chi connectivity index (χ0v) is 11.8. The largest absolute Gasteiger partial charge is 0.383 e. The first kappa shape index (κ1) is 14.0. The Morgan fingerprint density at radius 2 is 2.29 bits per heavy atom. The average molecular weight is 300 g/mol. The number of hydrogen-bond acceptors (Lipinski definition) is 3. The van der Waals surface area contributed by atoms with Crippen molar-refractivity contribution in [2.45, 2.75) is 39.2 Å². The fraction of sp³-hybridized carbons (Fsp3) is 0.500. The minimum atomic E-state index is -0.156. The first-order valence-corrected chi connectivity index (χ1v) is 6.59. The van der Waals surface area contributed by atoms with E-state index < -0.39 is 0 Å². The van der Waals surface area contributed by atoms with E-state index in [2.05, 4.69) is 40.1 Å². The number of hydrogen-bond donors (Lipinski definition) is 2. The van der Waals surface area contributed by atoms with Crippen LogP contribution in [0, 0.1) is 0 Å². The van der Waals surface area contributed by atoms with E-state index in [1.165, 1.54) is 0 Å². The Hall–Kier alpha value is -1.10. The number of amides is 1. The molecule has 1 unspecified atom stereocenters. The van der Waals surface area contributed by atoms with Crippen molar-refractivity contribution in [1.82, 2.24) is 10.3 Å². The Bertz CT molecular complexity index is 395. The van der Waals surface area contributed by atoms with Crippen LogP contribution in [0.25, 0.3) is 0 Å². The third-order valence-electron chi connectivity index (χ3n) is 2.59. The van der Waals surface area contributed by atoms with Crippen LogP contribution in [-0.4, -0.2) is 16.9 Å². The fourth-order valence-electron chi connectivity index (χ4n) is 1.62. The number of aromatic nitrogens is 1. The maximum absolute atomic E-state index is 12.0. The minimum Gasteiger partial charge on any atom is -0.383 e. The molecular formula is C12H18BrN3O. The molecule has 17 heavy (non-hydrogen) atoms. The SMILES string of the molecule is CCCC(CC)NC(=O)c1cc(Br)cnc1N. The summed E-state index contributed by atoms with van der Waals surface area (Å²) in [6, 6.07) is 1.89. The monoisotopic (exact) mass is 299 g/mol. The Labute approximate surface area is 110 Å². The normalized spacial score (nSPS) is 12.2. The van der Waals surface area contributed by atoms with E-state index in [1.54, 1.807) is 12.3 Å². The number of carbonyl (C=O) groups is 1. The van der Waals surface area contributed by atoms with E-state index in [9.17, 15) is 4.79 Å². The molecule has 1 aromatic rings. The van der Waals surface area contributed by atoms with Gasteiger partial charge >= 0.3 is 0 Å². The van der Waals surface area contributed by atoms with Gasteiger partial charge in [0.25, 0.3) is 5.91 Å². The minimum absolute atomic E-state index is 0.156. The lowest BCUT2D eigenvalue weighted by Crippen LogP contribution is -2.34. The average Bonchev–Trinajstić information content (AvgIpc) is 2.31. The van der Waals surface area contributed by atoms with E-state index in [0.717, 1.165) is 23.7 Å². The van der Waals surface area contributed by atoms with Crippen LogP contribution in [0.1, 0.15) is 43.5 Å². The molecule has 0 fully saturated rings. The van der Waals surface area contributed by atoms with Crippen molar-refractivity contribution in [3.8, 4) is 0 Å². The van der Waals surface area contributed by atoms with Crippen LogP contribution in [0.15, 0.2) is 16.7 Å². The highest BCUT2D eigenvalue weighted by atomic mass is 79.9. The van der Waals surface area contributed by atoms with E-state index in [0.29, 0.717) is 5.56 Å². The molecule has 3 N–H and O–H groups in total. The van der Waals surface area contributed by atoms with Crippen LogP contribution in [0.2, 0.25) is 0 Å². The zero-order chi connectivity index (χ0) is 12.8. The first-order valence-electron chi connectivity index (χ1n) is 5.80. The smallest absolute Gasteiger partial charge is 0.255 e. The van der Waals surface area contributed by atoms with E-state index in [4.69, 9.17) is 5.73 Å². The van der Waals surface area contributed by atoms with Gasteiger partial charge in [-0.3, -0.25) is 4.79 Å². The summed E-state index contributed by atoms with van der Waals surface area (Å²) in [4.78, 5) is 16.0. The van der Waals surface area contributed by atoms with Crippen molar-refractivity contribution in [3.05, 3.63) is 22.3 Å². The Morgan fingerprint density at radius 3 is 2.88 bits per heavy atom. The van der Waals surface area contributed by atoms with Crippen LogP contribution < -0.4 is 11.1 Å². The molecule has 1 aromatic heterocycles. The maximum atomic E-state index is 12.0. The number of pyridine rings is 1. The number of halogens is 1. The topological polar surface area (TPSA) is 68.0 Å². The predicted octanol–water partition coefficient (Wildman–Crippen LogP) is 2.73. The molecule has 0 aliphatic rings. The molecule has 0 aliphatic carbocycles. The summed E-state index contributed by atoms with van der Waals surface area (Å²) in [6.07, 6.45) is 4.52. The summed E-state index contributed by atoms with van der Waals surface area (Å²) in [7, 11) is 0. The van der Waals surface area contributed by atoms with Gasteiger partial charge in [0.05, 0.1) is 5.56 Å². The number of nitrogens with one attached hydrogen (secondary N) is 1. The van der Waals surface area contributed by atoms with Crippen LogP contribution >= 0.6 is 15.9 Å². The van der Waals surface area contributed by atoms with Gasteiger partial charge in [0, 0.05) is 16.7 Å². The van der Waals surface area contributed by atoms with Gasteiger partial charge in [0.2, 0.25) is 0 Å². The predicted molar refractivity (Wildman–Crippen MR) is 72.8 cm³/mol. The van der Waals surface area contributed by atoms with Crippen LogP contribution in [-0.2, 0) is 0 Å². The van der Waals surface area contributed by atoms with Crippen LogP contribution in [0.4, 0.5) is 5.82 Å². The number of rotatable bonds is 5. The second kappa shape index (κ2) is 6.59. The number of nitrogens with two attached hydrogens (primary N) is 1. The van der Waals surface area contributed by atoms with Crippen molar-refractivity contribution in [3.63, 3.8) is 0 Å². The van der Waals surface area contributed by atoms with Crippen LogP contribution in [0.5, 0.6) is 0 Å². The third-order valence-corrected chi connectivity index (χ3v) is 3.03. The number of anilines is 1. The van der Waals surface area contributed by atoms with Gasteiger partial charge in [-0.15, -0.1) is 0 Å². The van der Waals surface area contributed by atoms with Crippen molar-refractivity contribution in [1.29, 1.82) is 0 Å². The van der Waals surface area contributed by atoms with Crippen LogP contribution in [0.3, 0.4) is 0 Å². The summed E-state index contributed by atoms with van der Waals surface area (Å²) in [5, 5.41) is 2.97. The summed E-state index contributed by atoms with van der Waals surface area (Å²) >= 11 is 3.28. The number of nitrogen functional groups attached to an aromatic ring is 1. The lowest BCUT2D eigenvalue weighted by Gasteiger charge is -2.16. The van der Waals surface area contributed by atoms with Gasteiger partial charge in [-0.1, -0.05) is 20.3 Å². The molecule has 1 atom stereocenters. The van der Waals surface area contributed by atoms with E-state index >= 15 is 0 Å². The third kappa shape index (κ3) is 4.00. The summed E-state index contributed by atoms with van der Waals surface area (Å²) in [6.45, 7) is 4.16. The molecule has 0 saturated carbocycles. The Kier molecular flexibility index (Phi) is 5.41. The molecule has 1 heterocycles. The molecule has 0 saturated heterocycles. The van der Waals surface area contributed by atoms with Gasteiger partial charge in [-0.05, 0) is 34.8 Å². The molecule has 94 valence electrons.